The molecule has 0 aliphatic heterocycles. The molecule has 0 aliphatic carbocycles. The maximum atomic E-state index is 5.79. The fourth-order valence-corrected chi connectivity index (χ4v) is 4.58. The summed E-state index contributed by atoms with van der Waals surface area (Å²) in [5, 5.41) is 17.5. The van der Waals surface area contributed by atoms with Crippen LogP contribution in [0.2, 0.25) is 0 Å². The number of nitrogens with zero attached hydrogens (tertiary/aromatic N) is 8. The van der Waals surface area contributed by atoms with Crippen molar-refractivity contribution < 1.29 is 9.47 Å². The molecule has 0 saturated carbocycles. The van der Waals surface area contributed by atoms with Crippen molar-refractivity contribution in [2.75, 3.05) is 54.5 Å². The lowest BCUT2D eigenvalue weighted by Crippen LogP contribution is -2.19. The smallest absolute Gasteiger partial charge is 0.119 e. The van der Waals surface area contributed by atoms with Crippen LogP contribution in [0, 0.1) is 0 Å². The first-order valence-electron chi connectivity index (χ1n) is 15.1. The highest BCUT2D eigenvalue weighted by Crippen LogP contribution is 2.22. The molecule has 0 fully saturated rings. The first-order chi connectivity index (χ1) is 21.4. The molecule has 0 radical (unpaired) electrons. The number of ether oxygens (including phenoxy) is 2. The topological polar surface area (TPSA) is 86.4 Å². The van der Waals surface area contributed by atoms with Gasteiger partial charge < -0.3 is 19.3 Å². The van der Waals surface area contributed by atoms with Crippen molar-refractivity contribution in [3.63, 3.8) is 0 Å². The molecule has 0 amide bonds. The van der Waals surface area contributed by atoms with Crippen LogP contribution in [-0.2, 0) is 25.9 Å². The van der Waals surface area contributed by atoms with Gasteiger partial charge in [0.1, 0.15) is 36.1 Å². The molecule has 5 aromatic rings. The van der Waals surface area contributed by atoms with Gasteiger partial charge in [0.05, 0.1) is 12.4 Å². The third kappa shape index (κ3) is 9.23. The van der Waals surface area contributed by atoms with Gasteiger partial charge in [0, 0.05) is 37.3 Å². The Hall–Kier alpha value is -4.54. The minimum atomic E-state index is 0.680. The van der Waals surface area contributed by atoms with Crippen LogP contribution in [-0.4, -0.2) is 94.3 Å². The minimum Gasteiger partial charge on any atom is -0.492 e. The quantitative estimate of drug-likeness (QED) is 0.164. The summed E-state index contributed by atoms with van der Waals surface area (Å²) in [7, 11) is 8.16. The summed E-state index contributed by atoms with van der Waals surface area (Å²) in [6, 6.07) is 24.8. The molecule has 10 heteroatoms. The molecule has 3 aromatic carbocycles. The average Bonchev–Trinajstić information content (AvgIpc) is 3.70. The van der Waals surface area contributed by atoms with E-state index < -0.39 is 0 Å². The fourth-order valence-electron chi connectivity index (χ4n) is 4.58. The molecule has 2 aromatic heterocycles. The Kier molecular flexibility index (Phi) is 10.7. The second kappa shape index (κ2) is 15.3. The number of aryl methyl sites for hydroxylation is 4. The lowest BCUT2D eigenvalue weighted by atomic mass is 10.1. The third-order valence-electron chi connectivity index (χ3n) is 7.27. The summed E-state index contributed by atoms with van der Waals surface area (Å²) in [6.07, 6.45) is 5.72. The highest BCUT2D eigenvalue weighted by Gasteiger charge is 2.08. The summed E-state index contributed by atoms with van der Waals surface area (Å²) in [5.74, 6) is 1.79. The van der Waals surface area contributed by atoms with Gasteiger partial charge in [-0.15, -0.1) is 10.2 Å². The molecule has 0 atom stereocenters. The molecule has 230 valence electrons. The zero-order valence-corrected chi connectivity index (χ0v) is 26.1. The van der Waals surface area contributed by atoms with Gasteiger partial charge in [0.25, 0.3) is 0 Å². The Morgan fingerprint density at radius 1 is 0.545 bits per heavy atom. The Balaban J connectivity index is 1.08. The normalized spacial score (nSPS) is 11.4. The number of hydrogen-bond donors (Lipinski definition) is 0. The maximum absolute atomic E-state index is 5.79. The monoisotopic (exact) mass is 594 g/mol. The van der Waals surface area contributed by atoms with Crippen LogP contribution in [0.25, 0.3) is 22.5 Å². The lowest BCUT2D eigenvalue weighted by molar-refractivity contribution is 0.261. The molecule has 44 heavy (non-hydrogen) atoms. The predicted octanol–water partition coefficient (Wildman–Crippen LogP) is 4.57. The van der Waals surface area contributed by atoms with E-state index in [0.717, 1.165) is 73.0 Å². The number of benzene rings is 3. The largest absolute Gasteiger partial charge is 0.492 e. The van der Waals surface area contributed by atoms with E-state index in [1.54, 1.807) is 0 Å². The number of rotatable bonds is 16. The van der Waals surface area contributed by atoms with Crippen molar-refractivity contribution in [1.29, 1.82) is 0 Å². The van der Waals surface area contributed by atoms with Crippen LogP contribution < -0.4 is 9.47 Å². The highest BCUT2D eigenvalue weighted by molar-refractivity contribution is 5.65. The molecule has 0 unspecified atom stereocenters. The number of hydrogen-bond acceptors (Lipinski definition) is 8. The van der Waals surface area contributed by atoms with E-state index in [0.29, 0.717) is 13.2 Å². The van der Waals surface area contributed by atoms with Gasteiger partial charge in [0.2, 0.25) is 0 Å². The van der Waals surface area contributed by atoms with Gasteiger partial charge in [-0.25, -0.2) is 0 Å². The van der Waals surface area contributed by atoms with E-state index in [4.69, 9.17) is 9.47 Å². The standard InChI is InChI=1S/C34H42N8O2/c1-39(2)21-23-43-31-13-5-27(6-14-31)17-19-41-25-33(35-37-41)29-9-11-30(12-10-29)34-26-42(38-36-34)20-18-28-7-15-32(16-8-28)44-24-22-40(3)4/h5-16,25-26H,17-24H2,1-4H3. The van der Waals surface area contributed by atoms with Gasteiger partial charge in [-0.1, -0.05) is 59.0 Å². The van der Waals surface area contributed by atoms with Gasteiger partial charge in [-0.3, -0.25) is 9.36 Å². The fraction of sp³-hybridized carbons (Fsp3) is 0.353. The zero-order chi connectivity index (χ0) is 30.7. The molecule has 0 spiro atoms. The molecule has 0 N–H and O–H groups in total. The minimum absolute atomic E-state index is 0.680. The van der Waals surface area contributed by atoms with Crippen LogP contribution in [0.15, 0.2) is 85.2 Å². The Morgan fingerprint density at radius 2 is 0.932 bits per heavy atom. The summed E-state index contributed by atoms with van der Waals surface area (Å²) in [4.78, 5) is 4.21. The molecule has 10 nitrogen and oxygen atoms in total. The van der Waals surface area contributed by atoms with Crippen molar-refractivity contribution >= 4 is 0 Å². The van der Waals surface area contributed by atoms with E-state index in [9.17, 15) is 0 Å². The lowest BCUT2D eigenvalue weighted by Gasteiger charge is -2.11. The summed E-state index contributed by atoms with van der Waals surface area (Å²) in [5.41, 5.74) is 6.19. The Labute approximate surface area is 259 Å². The van der Waals surface area contributed by atoms with Crippen LogP contribution in [0.4, 0.5) is 0 Å². The second-order valence-electron chi connectivity index (χ2n) is 11.4. The van der Waals surface area contributed by atoms with E-state index in [1.165, 1.54) is 11.1 Å². The Bertz CT molecular complexity index is 1440. The van der Waals surface area contributed by atoms with Crippen LogP contribution in [0.1, 0.15) is 11.1 Å². The first kappa shape index (κ1) is 30.9. The molecular weight excluding hydrogens is 552 g/mol. The second-order valence-corrected chi connectivity index (χ2v) is 11.4. The zero-order valence-electron chi connectivity index (χ0n) is 26.1. The molecule has 0 aliphatic rings. The average molecular weight is 595 g/mol. The van der Waals surface area contributed by atoms with Crippen LogP contribution in [0.3, 0.4) is 0 Å². The van der Waals surface area contributed by atoms with Crippen molar-refractivity contribution in [2.45, 2.75) is 25.9 Å². The molecular formula is C34H42N8O2. The van der Waals surface area contributed by atoms with Crippen LogP contribution in [0.5, 0.6) is 11.5 Å². The SMILES string of the molecule is CN(C)CCOc1ccc(CCn2cc(-c3ccc(-c4cn(CCc5ccc(OCCN(C)C)cc5)nn4)cc3)nn2)cc1. The summed E-state index contributed by atoms with van der Waals surface area (Å²) < 4.78 is 15.4. The number of likely N-dealkylation sites (N-methyl/N-ethyl adjacent to an activating group) is 2. The van der Waals surface area contributed by atoms with Crippen molar-refractivity contribution in [3.8, 4) is 34.0 Å². The van der Waals surface area contributed by atoms with E-state index in [1.807, 2.05) is 74.2 Å². The molecule has 2 heterocycles. The van der Waals surface area contributed by atoms with Crippen LogP contribution >= 0.6 is 0 Å². The Morgan fingerprint density at radius 3 is 1.30 bits per heavy atom. The van der Waals surface area contributed by atoms with E-state index >= 15 is 0 Å². The first-order valence-corrected chi connectivity index (χ1v) is 15.1. The van der Waals surface area contributed by atoms with Gasteiger partial charge in [-0.05, 0) is 76.4 Å². The molecule has 5 rings (SSSR count). The predicted molar refractivity (Wildman–Crippen MR) is 173 cm³/mol. The maximum Gasteiger partial charge on any atom is 0.119 e. The number of aromatic nitrogens is 6. The summed E-state index contributed by atoms with van der Waals surface area (Å²) in [6.45, 7) is 4.66. The van der Waals surface area contributed by atoms with E-state index in [-0.39, 0.29) is 0 Å². The van der Waals surface area contributed by atoms with Crippen molar-refractivity contribution in [3.05, 3.63) is 96.3 Å². The van der Waals surface area contributed by atoms with Crippen molar-refractivity contribution in [2.24, 2.45) is 0 Å². The molecule has 0 bridgehead atoms. The van der Waals surface area contributed by atoms with Gasteiger partial charge in [0.15, 0.2) is 0 Å². The van der Waals surface area contributed by atoms with E-state index in [2.05, 4.69) is 79.0 Å². The summed E-state index contributed by atoms with van der Waals surface area (Å²) >= 11 is 0. The van der Waals surface area contributed by atoms with Crippen molar-refractivity contribution in [1.82, 2.24) is 39.8 Å². The highest BCUT2D eigenvalue weighted by atomic mass is 16.5. The van der Waals surface area contributed by atoms with Gasteiger partial charge in [-0.2, -0.15) is 0 Å². The molecule has 0 saturated heterocycles. The third-order valence-corrected chi connectivity index (χ3v) is 7.27. The van der Waals surface area contributed by atoms with Gasteiger partial charge >= 0.3 is 0 Å².